The zero-order valence-electron chi connectivity index (χ0n) is 19.4. The molecule has 1 aliphatic heterocycles. The van der Waals surface area contributed by atoms with Crippen LogP contribution in [0.1, 0.15) is 74.4 Å². The maximum Gasteiger partial charge on any atom is 0.254 e. The Kier molecular flexibility index (Phi) is 11.2. The fraction of sp³-hybridized carbons (Fsp3) is 0.625. The van der Waals surface area contributed by atoms with Crippen LogP contribution in [-0.4, -0.2) is 53.7 Å². The van der Waals surface area contributed by atoms with E-state index in [1.807, 2.05) is 41.8 Å². The van der Waals surface area contributed by atoms with Crippen molar-refractivity contribution in [3.63, 3.8) is 0 Å². The largest absolute Gasteiger partial charge is 0.370 e. The van der Waals surface area contributed by atoms with Crippen LogP contribution in [-0.2, 0) is 9.59 Å². The number of aryl methyl sites for hydroxylation is 1. The van der Waals surface area contributed by atoms with Crippen molar-refractivity contribution >= 4 is 17.7 Å². The van der Waals surface area contributed by atoms with E-state index in [4.69, 9.17) is 0 Å². The number of amides is 3. The molecule has 0 unspecified atom stereocenters. The molecule has 1 saturated heterocycles. The molecule has 6 nitrogen and oxygen atoms in total. The van der Waals surface area contributed by atoms with Gasteiger partial charge in [-0.1, -0.05) is 51.7 Å². The van der Waals surface area contributed by atoms with Crippen molar-refractivity contribution in [2.75, 3.05) is 26.2 Å². The highest BCUT2D eigenvalue weighted by molar-refractivity contribution is 5.96. The molecule has 0 bridgehead atoms. The van der Waals surface area contributed by atoms with E-state index in [9.17, 15) is 14.4 Å². The number of rotatable bonds is 7. The summed E-state index contributed by atoms with van der Waals surface area (Å²) >= 11 is 0. The van der Waals surface area contributed by atoms with Crippen LogP contribution >= 0.6 is 0 Å². The number of hydrogen-bond donors (Lipinski definition) is 1. The highest BCUT2D eigenvalue weighted by Gasteiger charge is 2.26. The predicted octanol–water partition coefficient (Wildman–Crippen LogP) is 3.69. The maximum absolute atomic E-state index is 12.8. The summed E-state index contributed by atoms with van der Waals surface area (Å²) in [6.45, 7) is 12.3. The topological polar surface area (TPSA) is 83.7 Å². The van der Waals surface area contributed by atoms with Gasteiger partial charge < -0.3 is 15.5 Å². The van der Waals surface area contributed by atoms with Crippen LogP contribution in [0.25, 0.3) is 0 Å². The van der Waals surface area contributed by atoms with Gasteiger partial charge in [-0.15, -0.1) is 0 Å². The molecule has 1 aliphatic rings. The van der Waals surface area contributed by atoms with Crippen LogP contribution in [0.2, 0.25) is 0 Å². The minimum absolute atomic E-state index is 0.0909. The van der Waals surface area contributed by atoms with Gasteiger partial charge in [-0.05, 0) is 37.0 Å². The molecule has 30 heavy (non-hydrogen) atoms. The molecule has 0 spiro atoms. The molecule has 0 atom stereocenters. The van der Waals surface area contributed by atoms with Gasteiger partial charge in [0, 0.05) is 45.1 Å². The first kappa shape index (κ1) is 25.7. The van der Waals surface area contributed by atoms with Crippen molar-refractivity contribution in [2.24, 2.45) is 11.7 Å². The van der Waals surface area contributed by atoms with E-state index in [-0.39, 0.29) is 17.7 Å². The van der Waals surface area contributed by atoms with Crippen LogP contribution in [0.5, 0.6) is 0 Å². The number of primary amides is 1. The average molecular weight is 418 g/mol. The van der Waals surface area contributed by atoms with Crippen molar-refractivity contribution < 1.29 is 14.4 Å². The van der Waals surface area contributed by atoms with Gasteiger partial charge in [0.15, 0.2) is 0 Å². The smallest absolute Gasteiger partial charge is 0.254 e. The quantitative estimate of drug-likeness (QED) is 0.734. The van der Waals surface area contributed by atoms with Gasteiger partial charge in [0.1, 0.15) is 0 Å². The molecule has 1 aromatic carbocycles. The number of benzene rings is 1. The van der Waals surface area contributed by atoms with Gasteiger partial charge in [0.05, 0.1) is 0 Å². The Bertz CT molecular complexity index is 700. The Balaban J connectivity index is 0.00000103. The third-order valence-electron chi connectivity index (χ3n) is 5.61. The lowest BCUT2D eigenvalue weighted by Gasteiger charge is -2.35. The summed E-state index contributed by atoms with van der Waals surface area (Å²) < 4.78 is 0. The highest BCUT2D eigenvalue weighted by atomic mass is 16.2. The molecule has 2 rings (SSSR count). The summed E-state index contributed by atoms with van der Waals surface area (Å²) in [7, 11) is 0. The summed E-state index contributed by atoms with van der Waals surface area (Å²) in [6.07, 6.45) is 5.19. The van der Waals surface area contributed by atoms with Crippen LogP contribution in [0.15, 0.2) is 18.2 Å². The summed E-state index contributed by atoms with van der Waals surface area (Å²) in [4.78, 5) is 38.5. The zero-order chi connectivity index (χ0) is 22.7. The SMILES string of the molecule is CC(N)=O.CCCC(CCC)CC(=O)N1CCN(C(=O)c2cccc(C)c2C)CC1. The van der Waals surface area contributed by atoms with Crippen molar-refractivity contribution in [3.05, 3.63) is 34.9 Å². The summed E-state index contributed by atoms with van der Waals surface area (Å²) in [6, 6.07) is 5.88. The summed E-state index contributed by atoms with van der Waals surface area (Å²) in [5.41, 5.74) is 7.45. The van der Waals surface area contributed by atoms with Crippen molar-refractivity contribution in [1.82, 2.24) is 9.80 Å². The van der Waals surface area contributed by atoms with Crippen LogP contribution in [0.4, 0.5) is 0 Å². The number of nitrogens with zero attached hydrogens (tertiary/aromatic N) is 2. The second kappa shape index (κ2) is 13.0. The Hall–Kier alpha value is -2.37. The molecular formula is C24H39N3O3. The number of nitrogens with two attached hydrogens (primary N) is 1. The fourth-order valence-electron chi connectivity index (χ4n) is 3.85. The molecule has 3 amide bonds. The first-order valence-electron chi connectivity index (χ1n) is 11.1. The second-order valence-electron chi connectivity index (χ2n) is 8.18. The predicted molar refractivity (Wildman–Crippen MR) is 121 cm³/mol. The summed E-state index contributed by atoms with van der Waals surface area (Å²) in [5, 5.41) is 0. The molecule has 1 fully saturated rings. The normalized spacial score (nSPS) is 13.7. The number of hydrogen-bond acceptors (Lipinski definition) is 3. The Morgan fingerprint density at radius 2 is 1.47 bits per heavy atom. The van der Waals surface area contributed by atoms with E-state index in [1.54, 1.807) is 0 Å². The van der Waals surface area contributed by atoms with Crippen LogP contribution < -0.4 is 5.73 Å². The van der Waals surface area contributed by atoms with E-state index >= 15 is 0 Å². The lowest BCUT2D eigenvalue weighted by atomic mass is 9.94. The van der Waals surface area contributed by atoms with Gasteiger partial charge >= 0.3 is 0 Å². The van der Waals surface area contributed by atoms with Gasteiger partial charge in [0.25, 0.3) is 5.91 Å². The van der Waals surface area contributed by atoms with Crippen LogP contribution in [0, 0.1) is 19.8 Å². The molecule has 0 aliphatic carbocycles. The first-order chi connectivity index (χ1) is 14.2. The number of carbonyl (C=O) groups excluding carboxylic acids is 3. The third-order valence-corrected chi connectivity index (χ3v) is 5.61. The molecule has 0 saturated carbocycles. The molecule has 0 radical (unpaired) electrons. The molecule has 6 heteroatoms. The van der Waals surface area contributed by atoms with Gasteiger partial charge in [-0.3, -0.25) is 14.4 Å². The average Bonchev–Trinajstić information content (AvgIpc) is 2.69. The standard InChI is InChI=1S/C22H34N2O2.C2H5NO/c1-5-8-19(9-6-2)16-21(25)23-12-14-24(15-13-23)22(26)20-11-7-10-17(3)18(20)4;1-2(3)4/h7,10-11,19H,5-6,8-9,12-16H2,1-4H3;1H3,(H2,3,4). The lowest BCUT2D eigenvalue weighted by Crippen LogP contribution is -2.51. The Morgan fingerprint density at radius 3 is 1.97 bits per heavy atom. The first-order valence-corrected chi connectivity index (χ1v) is 11.1. The van der Waals surface area contributed by atoms with Gasteiger partial charge in [-0.2, -0.15) is 0 Å². The van der Waals surface area contributed by atoms with E-state index in [0.29, 0.717) is 38.5 Å². The van der Waals surface area contributed by atoms with E-state index < -0.39 is 0 Å². The molecule has 0 aromatic heterocycles. The number of piperazine rings is 1. The zero-order valence-corrected chi connectivity index (χ0v) is 19.4. The molecule has 1 aromatic rings. The van der Waals surface area contributed by atoms with Gasteiger partial charge in [-0.25, -0.2) is 0 Å². The van der Waals surface area contributed by atoms with Crippen molar-refractivity contribution in [1.29, 1.82) is 0 Å². The second-order valence-corrected chi connectivity index (χ2v) is 8.18. The highest BCUT2D eigenvalue weighted by Crippen LogP contribution is 2.20. The third kappa shape index (κ3) is 8.17. The minimum Gasteiger partial charge on any atom is -0.370 e. The van der Waals surface area contributed by atoms with Crippen molar-refractivity contribution in [3.8, 4) is 0 Å². The minimum atomic E-state index is -0.333. The lowest BCUT2D eigenvalue weighted by molar-refractivity contribution is -0.133. The van der Waals surface area contributed by atoms with Crippen LogP contribution in [0.3, 0.4) is 0 Å². The van der Waals surface area contributed by atoms with Gasteiger partial charge in [0.2, 0.25) is 11.8 Å². The van der Waals surface area contributed by atoms with E-state index in [1.165, 1.54) is 6.92 Å². The molecule has 168 valence electrons. The Labute approximate surface area is 181 Å². The maximum atomic E-state index is 12.8. The summed E-state index contributed by atoms with van der Waals surface area (Å²) in [5.74, 6) is 0.524. The Morgan fingerprint density at radius 1 is 0.967 bits per heavy atom. The van der Waals surface area contributed by atoms with E-state index in [0.717, 1.165) is 42.4 Å². The van der Waals surface area contributed by atoms with Crippen molar-refractivity contribution in [2.45, 2.75) is 66.7 Å². The number of carbonyl (C=O) groups is 3. The van der Waals surface area contributed by atoms with E-state index in [2.05, 4.69) is 19.6 Å². The molecule has 1 heterocycles. The monoisotopic (exact) mass is 417 g/mol. The molecule has 2 N–H and O–H groups in total. The molecular weight excluding hydrogens is 378 g/mol. The fourth-order valence-corrected chi connectivity index (χ4v) is 3.85.